The van der Waals surface area contributed by atoms with Crippen molar-refractivity contribution >= 4 is 17.4 Å². The number of hydrogen-bond donors (Lipinski definition) is 2. The van der Waals surface area contributed by atoms with Gasteiger partial charge >= 0.3 is 0 Å². The van der Waals surface area contributed by atoms with Crippen LogP contribution < -0.4 is 15.4 Å². The molecule has 0 aliphatic carbocycles. The molecule has 0 bridgehead atoms. The minimum atomic E-state index is -0.264. The third kappa shape index (κ3) is 5.70. The molecule has 0 unspecified atom stereocenters. The number of rotatable bonds is 8. The van der Waals surface area contributed by atoms with Gasteiger partial charge in [0.05, 0.1) is 11.9 Å². The van der Waals surface area contributed by atoms with Crippen molar-refractivity contribution in [1.29, 1.82) is 0 Å². The number of carbonyl (C=O) groups is 1. The SMILES string of the molecule is O=C(Nc1ccc(NCc2ccccc2F)nc1)c1ccc(OCc2ccccc2)cc1. The molecule has 6 heteroatoms. The van der Waals surface area contributed by atoms with E-state index in [-0.39, 0.29) is 11.7 Å². The summed E-state index contributed by atoms with van der Waals surface area (Å²) >= 11 is 0. The van der Waals surface area contributed by atoms with Crippen molar-refractivity contribution in [3.63, 3.8) is 0 Å². The van der Waals surface area contributed by atoms with Gasteiger partial charge in [-0.3, -0.25) is 4.79 Å². The Morgan fingerprint density at radius 3 is 2.34 bits per heavy atom. The largest absolute Gasteiger partial charge is 0.489 e. The zero-order valence-corrected chi connectivity index (χ0v) is 17.3. The first kappa shape index (κ1) is 21.1. The fraction of sp³-hybridized carbons (Fsp3) is 0.0769. The molecule has 0 fully saturated rings. The van der Waals surface area contributed by atoms with Crippen LogP contribution >= 0.6 is 0 Å². The Balaban J connectivity index is 1.29. The molecule has 1 heterocycles. The molecule has 4 rings (SSSR count). The first-order valence-corrected chi connectivity index (χ1v) is 10.2. The lowest BCUT2D eigenvalue weighted by atomic mass is 10.2. The fourth-order valence-corrected chi connectivity index (χ4v) is 3.05. The lowest BCUT2D eigenvalue weighted by Gasteiger charge is -2.09. The van der Waals surface area contributed by atoms with Gasteiger partial charge in [-0.05, 0) is 48.0 Å². The molecule has 32 heavy (non-hydrogen) atoms. The third-order valence-electron chi connectivity index (χ3n) is 4.80. The summed E-state index contributed by atoms with van der Waals surface area (Å²) < 4.78 is 19.4. The van der Waals surface area contributed by atoms with Crippen molar-refractivity contribution in [3.05, 3.63) is 120 Å². The first-order valence-electron chi connectivity index (χ1n) is 10.2. The van der Waals surface area contributed by atoms with Gasteiger partial charge in [-0.1, -0.05) is 48.5 Å². The van der Waals surface area contributed by atoms with Crippen LogP contribution in [0.5, 0.6) is 5.75 Å². The Morgan fingerprint density at radius 1 is 0.875 bits per heavy atom. The zero-order chi connectivity index (χ0) is 22.2. The smallest absolute Gasteiger partial charge is 0.255 e. The van der Waals surface area contributed by atoms with E-state index in [0.717, 1.165) is 5.56 Å². The highest BCUT2D eigenvalue weighted by molar-refractivity contribution is 6.04. The van der Waals surface area contributed by atoms with E-state index in [4.69, 9.17) is 4.74 Å². The first-order chi connectivity index (χ1) is 15.7. The summed E-state index contributed by atoms with van der Waals surface area (Å²) in [6, 6.07) is 26.9. The average molecular weight is 427 g/mol. The molecule has 0 saturated carbocycles. The second kappa shape index (κ2) is 10.2. The van der Waals surface area contributed by atoms with Gasteiger partial charge in [0, 0.05) is 17.7 Å². The predicted octanol–water partition coefficient (Wildman–Crippen LogP) is 5.66. The number of ether oxygens (including phenoxy) is 1. The van der Waals surface area contributed by atoms with Crippen LogP contribution in [-0.2, 0) is 13.2 Å². The number of pyridine rings is 1. The van der Waals surface area contributed by atoms with Gasteiger partial charge in [0.2, 0.25) is 0 Å². The topological polar surface area (TPSA) is 63.2 Å². The molecule has 0 aliphatic heterocycles. The number of anilines is 2. The van der Waals surface area contributed by atoms with Gasteiger partial charge < -0.3 is 15.4 Å². The van der Waals surface area contributed by atoms with Gasteiger partial charge in [0.25, 0.3) is 5.91 Å². The summed E-state index contributed by atoms with van der Waals surface area (Å²) in [4.78, 5) is 16.8. The van der Waals surface area contributed by atoms with Crippen LogP contribution in [0.1, 0.15) is 21.5 Å². The summed E-state index contributed by atoms with van der Waals surface area (Å²) in [7, 11) is 0. The minimum absolute atomic E-state index is 0.242. The van der Waals surface area contributed by atoms with Crippen LogP contribution in [0.25, 0.3) is 0 Å². The van der Waals surface area contributed by atoms with E-state index in [0.29, 0.717) is 41.5 Å². The predicted molar refractivity (Wildman–Crippen MR) is 123 cm³/mol. The van der Waals surface area contributed by atoms with Crippen LogP contribution in [0.4, 0.5) is 15.9 Å². The maximum atomic E-state index is 13.7. The molecule has 0 atom stereocenters. The van der Waals surface area contributed by atoms with Crippen molar-refractivity contribution in [2.75, 3.05) is 10.6 Å². The summed E-state index contributed by atoms with van der Waals surface area (Å²) in [6.45, 7) is 0.791. The molecule has 1 aromatic heterocycles. The molecule has 2 N–H and O–H groups in total. The number of hydrogen-bond acceptors (Lipinski definition) is 4. The molecule has 160 valence electrons. The number of amides is 1. The standard InChI is InChI=1S/C26H22FN3O2/c27-24-9-5-4-8-21(24)16-28-25-15-12-22(17-29-25)30-26(31)20-10-13-23(14-11-20)32-18-19-6-2-1-3-7-19/h1-15,17H,16,18H2,(H,28,29)(H,30,31). The molecule has 0 aliphatic rings. The number of nitrogens with zero attached hydrogens (tertiary/aromatic N) is 1. The summed E-state index contributed by atoms with van der Waals surface area (Å²) in [5.41, 5.74) is 2.71. The van der Waals surface area contributed by atoms with Crippen molar-refractivity contribution in [2.24, 2.45) is 0 Å². The molecule has 4 aromatic rings. The Labute approximate surface area is 185 Å². The highest BCUT2D eigenvalue weighted by Gasteiger charge is 2.07. The molecular weight excluding hydrogens is 405 g/mol. The second-order valence-electron chi connectivity index (χ2n) is 7.13. The van der Waals surface area contributed by atoms with E-state index in [9.17, 15) is 9.18 Å². The Morgan fingerprint density at radius 2 is 1.62 bits per heavy atom. The van der Waals surface area contributed by atoms with Crippen LogP contribution in [0.2, 0.25) is 0 Å². The molecule has 0 radical (unpaired) electrons. The van der Waals surface area contributed by atoms with Gasteiger partial charge in [0.1, 0.15) is 24.0 Å². The molecule has 1 amide bonds. The zero-order valence-electron chi connectivity index (χ0n) is 17.3. The van der Waals surface area contributed by atoms with E-state index in [1.807, 2.05) is 30.3 Å². The monoisotopic (exact) mass is 427 g/mol. The average Bonchev–Trinajstić information content (AvgIpc) is 2.84. The second-order valence-corrected chi connectivity index (χ2v) is 7.13. The normalized spacial score (nSPS) is 10.4. The van der Waals surface area contributed by atoms with Gasteiger partial charge in [-0.15, -0.1) is 0 Å². The Hall–Kier alpha value is -4.19. The number of nitrogens with one attached hydrogen (secondary N) is 2. The van der Waals surface area contributed by atoms with Gasteiger partial charge in [0.15, 0.2) is 0 Å². The van der Waals surface area contributed by atoms with Gasteiger partial charge in [-0.25, -0.2) is 9.37 Å². The maximum absolute atomic E-state index is 13.7. The highest BCUT2D eigenvalue weighted by Crippen LogP contribution is 2.17. The van der Waals surface area contributed by atoms with E-state index in [2.05, 4.69) is 15.6 Å². The van der Waals surface area contributed by atoms with E-state index < -0.39 is 0 Å². The number of halogens is 1. The summed E-state index contributed by atoms with van der Waals surface area (Å²) in [5, 5.41) is 5.88. The van der Waals surface area contributed by atoms with Crippen molar-refractivity contribution in [2.45, 2.75) is 13.2 Å². The number of aromatic nitrogens is 1. The van der Waals surface area contributed by atoms with Crippen LogP contribution in [-0.4, -0.2) is 10.9 Å². The molecular formula is C26H22FN3O2. The lowest BCUT2D eigenvalue weighted by molar-refractivity contribution is 0.102. The quantitative estimate of drug-likeness (QED) is 0.381. The van der Waals surface area contributed by atoms with Crippen molar-refractivity contribution in [1.82, 2.24) is 4.98 Å². The lowest BCUT2D eigenvalue weighted by Crippen LogP contribution is -2.12. The minimum Gasteiger partial charge on any atom is -0.489 e. The molecule has 5 nitrogen and oxygen atoms in total. The van der Waals surface area contributed by atoms with Crippen LogP contribution in [0, 0.1) is 5.82 Å². The molecule has 0 spiro atoms. The van der Waals surface area contributed by atoms with Crippen molar-refractivity contribution < 1.29 is 13.9 Å². The van der Waals surface area contributed by atoms with E-state index >= 15 is 0 Å². The van der Waals surface area contributed by atoms with E-state index in [1.165, 1.54) is 6.07 Å². The number of carbonyl (C=O) groups excluding carboxylic acids is 1. The van der Waals surface area contributed by atoms with Crippen molar-refractivity contribution in [3.8, 4) is 5.75 Å². The maximum Gasteiger partial charge on any atom is 0.255 e. The van der Waals surface area contributed by atoms with Crippen LogP contribution in [0.15, 0.2) is 97.2 Å². The Kier molecular flexibility index (Phi) is 6.72. The summed E-state index contributed by atoms with van der Waals surface area (Å²) in [5.74, 6) is 0.775. The molecule has 0 saturated heterocycles. The van der Waals surface area contributed by atoms with Crippen LogP contribution in [0.3, 0.4) is 0 Å². The van der Waals surface area contributed by atoms with E-state index in [1.54, 1.807) is 60.8 Å². The Bertz CT molecular complexity index is 1160. The molecule has 3 aromatic carbocycles. The summed E-state index contributed by atoms with van der Waals surface area (Å²) in [6.07, 6.45) is 1.55. The highest BCUT2D eigenvalue weighted by atomic mass is 19.1. The third-order valence-corrected chi connectivity index (χ3v) is 4.80. The van der Waals surface area contributed by atoms with Gasteiger partial charge in [-0.2, -0.15) is 0 Å². The fourth-order valence-electron chi connectivity index (χ4n) is 3.05. The number of benzene rings is 3.